The van der Waals surface area contributed by atoms with Gasteiger partial charge in [-0.05, 0) is 108 Å². The van der Waals surface area contributed by atoms with E-state index in [4.69, 9.17) is 52.1 Å². The van der Waals surface area contributed by atoms with Crippen LogP contribution in [0.5, 0.6) is 0 Å². The minimum absolute atomic E-state index is 0.139. The summed E-state index contributed by atoms with van der Waals surface area (Å²) in [6.07, 6.45) is 1.55. The third kappa shape index (κ3) is 20.9. The fraction of sp³-hybridized carbons (Fsp3) is 0.818. The maximum Gasteiger partial charge on any atom is 0.350 e. The lowest BCUT2D eigenvalue weighted by atomic mass is 9.88. The van der Waals surface area contributed by atoms with E-state index in [0.29, 0.717) is 64.8 Å². The predicted octanol–water partition coefficient (Wildman–Crippen LogP) is 7.45. The van der Waals surface area contributed by atoms with Crippen molar-refractivity contribution in [3.63, 3.8) is 0 Å². The van der Waals surface area contributed by atoms with Gasteiger partial charge in [-0.1, -0.05) is 48.5 Å². The SMILES string of the molecule is CCC(C)(C)C(=O)OC1(C)CCOC(=O)C1.CCC(C)(C)C(=O)OC1C(=O)OCC1(C)C.CCC(C)(C)C(=O)OC1C(=O)OCC1OC.CCC(C)(C)C(=O)OC1CCOC1=O.CCC(C)(C)C(=O)OC1COC(=O)C1. The minimum Gasteiger partial charge on any atom is -0.465 e. The standard InChI is InChI=1S/2C12H20O4.C11H18O5.2C10H16O4/c1-6-11(2,3)10(14)16-8-9(13)15-7-12(8,4)5;1-5-11(2,3)10(14)16-12(4)6-7-15-9(13)8-12;1-5-11(2,3)10(13)16-8-7(14-4)6-15-9(8)12;1-4-10(2,3)9(12)14-7-5-8(11)13-6-7;1-4-10(2,3)9(12)14-7-5-6-13-8(7)11/h8H,6-7H2,1-5H3;5-8H2,1-4H3;7-8H,5-6H2,1-4H3;2*7H,4-6H2,1-3H3. The van der Waals surface area contributed by atoms with Crippen LogP contribution < -0.4 is 0 Å². The van der Waals surface area contributed by atoms with Gasteiger partial charge in [-0.15, -0.1) is 0 Å². The molecule has 76 heavy (non-hydrogen) atoms. The lowest BCUT2D eigenvalue weighted by molar-refractivity contribution is -0.182. The highest BCUT2D eigenvalue weighted by Crippen LogP contribution is 2.34. The Hall–Kier alpha value is -5.34. The lowest BCUT2D eigenvalue weighted by Gasteiger charge is -2.35. The molecule has 0 aromatic heterocycles. The summed E-state index contributed by atoms with van der Waals surface area (Å²) in [5.41, 5.74) is -3.78. The van der Waals surface area contributed by atoms with E-state index >= 15 is 0 Å². The maximum absolute atomic E-state index is 11.9. The van der Waals surface area contributed by atoms with Gasteiger partial charge in [0.15, 0.2) is 0 Å². The second kappa shape index (κ2) is 28.9. The molecule has 436 valence electrons. The molecule has 0 amide bonds. The number of hydrogen-bond acceptors (Lipinski definition) is 21. The molecule has 0 aromatic rings. The average molecular weight is 1090 g/mol. The van der Waals surface area contributed by atoms with Crippen molar-refractivity contribution in [2.45, 2.75) is 219 Å². The molecule has 5 saturated heterocycles. The summed E-state index contributed by atoms with van der Waals surface area (Å²) in [4.78, 5) is 114. The summed E-state index contributed by atoms with van der Waals surface area (Å²) in [5.74, 6) is -3.57. The Morgan fingerprint density at radius 3 is 1.41 bits per heavy atom. The van der Waals surface area contributed by atoms with Crippen molar-refractivity contribution in [3.8, 4) is 0 Å². The van der Waals surface area contributed by atoms with Crippen LogP contribution in [-0.4, -0.2) is 136 Å². The Morgan fingerprint density at radius 1 is 0.526 bits per heavy atom. The van der Waals surface area contributed by atoms with Crippen LogP contribution in [0.2, 0.25) is 0 Å². The monoisotopic (exact) mass is 1090 g/mol. The molecule has 0 radical (unpaired) electrons. The number of carbonyl (C=O) groups excluding carboxylic acids is 10. The number of cyclic esters (lactones) is 5. The second-order valence-corrected chi connectivity index (χ2v) is 23.6. The van der Waals surface area contributed by atoms with Crippen molar-refractivity contribution in [1.29, 1.82) is 0 Å². The van der Waals surface area contributed by atoms with Crippen molar-refractivity contribution in [2.75, 3.05) is 40.1 Å². The summed E-state index contributed by atoms with van der Waals surface area (Å²) in [6.45, 7) is 34.5. The Bertz CT molecular complexity index is 2030. The van der Waals surface area contributed by atoms with Crippen LogP contribution in [0.1, 0.15) is 182 Å². The van der Waals surface area contributed by atoms with E-state index < -0.39 is 86.4 Å². The van der Waals surface area contributed by atoms with Crippen LogP contribution in [-0.2, 0) is 100 Å². The van der Waals surface area contributed by atoms with Gasteiger partial charge in [0, 0.05) is 25.4 Å². The Morgan fingerprint density at radius 2 is 1.00 bits per heavy atom. The van der Waals surface area contributed by atoms with Crippen molar-refractivity contribution in [2.24, 2.45) is 32.5 Å². The zero-order chi connectivity index (χ0) is 58.8. The van der Waals surface area contributed by atoms with Gasteiger partial charge >= 0.3 is 59.7 Å². The van der Waals surface area contributed by atoms with Crippen molar-refractivity contribution in [3.05, 3.63) is 0 Å². The highest BCUT2D eigenvalue weighted by molar-refractivity contribution is 5.85. The Labute approximate surface area is 449 Å². The predicted molar refractivity (Wildman–Crippen MR) is 272 cm³/mol. The summed E-state index contributed by atoms with van der Waals surface area (Å²) < 4.78 is 55.0. The summed E-state index contributed by atoms with van der Waals surface area (Å²) in [7, 11) is 1.46. The van der Waals surface area contributed by atoms with Gasteiger partial charge in [-0.3, -0.25) is 33.6 Å². The molecule has 0 saturated carbocycles. The molecule has 5 aliphatic heterocycles. The van der Waals surface area contributed by atoms with Crippen molar-refractivity contribution >= 4 is 59.7 Å². The largest absolute Gasteiger partial charge is 0.465 e. The first-order chi connectivity index (χ1) is 34.8. The molecular weight excluding hydrogens is 997 g/mol. The van der Waals surface area contributed by atoms with Gasteiger partial charge < -0.3 is 52.1 Å². The van der Waals surface area contributed by atoms with Crippen LogP contribution in [0, 0.1) is 32.5 Å². The molecule has 6 atom stereocenters. The third-order valence-electron chi connectivity index (χ3n) is 14.4. The Balaban J connectivity index is 0.000000476. The highest BCUT2D eigenvalue weighted by Gasteiger charge is 2.48. The smallest absolute Gasteiger partial charge is 0.350 e. The number of methoxy groups -OCH3 is 1. The number of esters is 10. The molecule has 5 rings (SSSR count). The normalized spacial score (nSPS) is 24.0. The number of hydrogen-bond donors (Lipinski definition) is 0. The van der Waals surface area contributed by atoms with Gasteiger partial charge in [0.1, 0.15) is 37.6 Å². The fourth-order valence-corrected chi connectivity index (χ4v) is 6.02. The van der Waals surface area contributed by atoms with Gasteiger partial charge in [0.25, 0.3) is 0 Å². The minimum atomic E-state index is -0.927. The molecule has 0 spiro atoms. The average Bonchev–Trinajstić information content (AvgIpc) is 4.12. The molecule has 0 N–H and O–H groups in total. The van der Waals surface area contributed by atoms with Crippen LogP contribution in [0.15, 0.2) is 0 Å². The van der Waals surface area contributed by atoms with E-state index in [1.807, 2.05) is 90.0 Å². The molecule has 0 bridgehead atoms. The third-order valence-corrected chi connectivity index (χ3v) is 14.4. The lowest BCUT2D eigenvalue weighted by Crippen LogP contribution is -2.43. The second-order valence-electron chi connectivity index (χ2n) is 23.6. The van der Waals surface area contributed by atoms with E-state index in [9.17, 15) is 47.9 Å². The van der Waals surface area contributed by atoms with Gasteiger partial charge in [0.2, 0.25) is 18.3 Å². The van der Waals surface area contributed by atoms with Crippen LogP contribution in [0.25, 0.3) is 0 Å². The zero-order valence-electron chi connectivity index (χ0n) is 48.9. The van der Waals surface area contributed by atoms with Gasteiger partial charge in [-0.25, -0.2) is 14.4 Å². The summed E-state index contributed by atoms with van der Waals surface area (Å²) in [6, 6.07) is 0. The zero-order valence-corrected chi connectivity index (χ0v) is 48.9. The molecule has 0 aliphatic carbocycles. The molecule has 5 fully saturated rings. The molecule has 21 nitrogen and oxygen atoms in total. The fourth-order valence-electron chi connectivity index (χ4n) is 6.02. The van der Waals surface area contributed by atoms with Crippen molar-refractivity contribution in [1.82, 2.24) is 0 Å². The molecule has 0 aromatic carbocycles. The first-order valence-corrected chi connectivity index (χ1v) is 26.3. The van der Waals surface area contributed by atoms with E-state index in [1.54, 1.807) is 34.6 Å². The molecule has 21 heteroatoms. The van der Waals surface area contributed by atoms with Crippen LogP contribution in [0.3, 0.4) is 0 Å². The number of rotatable bonds is 16. The topological polar surface area (TPSA) is 272 Å². The van der Waals surface area contributed by atoms with Crippen LogP contribution in [0.4, 0.5) is 0 Å². The van der Waals surface area contributed by atoms with E-state index in [-0.39, 0.29) is 68.0 Å². The van der Waals surface area contributed by atoms with E-state index in [0.717, 1.165) is 0 Å². The molecule has 5 aliphatic rings. The molecule has 6 unspecified atom stereocenters. The summed E-state index contributed by atoms with van der Waals surface area (Å²) in [5, 5.41) is 0. The molecule has 5 heterocycles. The number of carbonyl (C=O) groups is 10. The van der Waals surface area contributed by atoms with E-state index in [1.165, 1.54) is 7.11 Å². The van der Waals surface area contributed by atoms with Crippen LogP contribution >= 0.6 is 0 Å². The Kier molecular flexibility index (Phi) is 26.1. The van der Waals surface area contributed by atoms with Gasteiger partial charge in [-0.2, -0.15) is 0 Å². The van der Waals surface area contributed by atoms with Gasteiger partial charge in [0.05, 0.1) is 53.1 Å². The highest BCUT2D eigenvalue weighted by atomic mass is 16.6. The first-order valence-electron chi connectivity index (χ1n) is 26.3. The quantitative estimate of drug-likeness (QED) is 0.107. The number of ether oxygens (including phenoxy) is 11. The summed E-state index contributed by atoms with van der Waals surface area (Å²) >= 11 is 0. The maximum atomic E-state index is 11.9. The van der Waals surface area contributed by atoms with E-state index in [2.05, 4.69) is 0 Å². The molecular formula is C55H90O21. The van der Waals surface area contributed by atoms with Crippen molar-refractivity contribution < 1.29 is 100 Å². The first kappa shape index (κ1) is 68.7.